The van der Waals surface area contributed by atoms with E-state index >= 15 is 0 Å². The quantitative estimate of drug-likeness (QED) is 0.593. The number of rotatable bonds is 7. The Morgan fingerprint density at radius 3 is 2.53 bits per heavy atom. The SMILES string of the molecule is CC(C)COCCNC(C)c1cc(F)c(Cl)cc1Cl. The summed E-state index contributed by atoms with van der Waals surface area (Å²) in [5, 5.41) is 3.75. The van der Waals surface area contributed by atoms with E-state index < -0.39 is 5.82 Å². The zero-order chi connectivity index (χ0) is 14.4. The zero-order valence-electron chi connectivity index (χ0n) is 11.5. The molecular formula is C14H20Cl2FNO. The molecule has 0 fully saturated rings. The molecule has 1 unspecified atom stereocenters. The fourth-order valence-corrected chi connectivity index (χ4v) is 2.19. The van der Waals surface area contributed by atoms with Crippen LogP contribution < -0.4 is 5.32 Å². The average Bonchev–Trinajstić information content (AvgIpc) is 2.32. The highest BCUT2D eigenvalue weighted by Crippen LogP contribution is 2.28. The molecule has 1 N–H and O–H groups in total. The number of halogens is 3. The number of hydrogen-bond acceptors (Lipinski definition) is 2. The van der Waals surface area contributed by atoms with Crippen molar-refractivity contribution in [3.8, 4) is 0 Å². The van der Waals surface area contributed by atoms with Crippen molar-refractivity contribution in [1.82, 2.24) is 5.32 Å². The summed E-state index contributed by atoms with van der Waals surface area (Å²) < 4.78 is 18.9. The van der Waals surface area contributed by atoms with Crippen LogP contribution in [-0.2, 0) is 4.74 Å². The van der Waals surface area contributed by atoms with Gasteiger partial charge in [-0.1, -0.05) is 37.0 Å². The van der Waals surface area contributed by atoms with E-state index in [1.807, 2.05) is 6.92 Å². The van der Waals surface area contributed by atoms with Crippen molar-refractivity contribution >= 4 is 23.2 Å². The summed E-state index contributed by atoms with van der Waals surface area (Å²) in [4.78, 5) is 0. The Kier molecular flexibility index (Phi) is 7.08. The first-order valence-corrected chi connectivity index (χ1v) is 7.13. The summed E-state index contributed by atoms with van der Waals surface area (Å²) in [6.07, 6.45) is 0. The highest BCUT2D eigenvalue weighted by atomic mass is 35.5. The lowest BCUT2D eigenvalue weighted by molar-refractivity contribution is 0.110. The van der Waals surface area contributed by atoms with Gasteiger partial charge in [0.25, 0.3) is 0 Å². The Bertz CT molecular complexity index is 413. The van der Waals surface area contributed by atoms with Crippen LogP contribution in [0.25, 0.3) is 0 Å². The second-order valence-corrected chi connectivity index (χ2v) is 5.75. The molecule has 1 aromatic carbocycles. The molecule has 1 aromatic rings. The summed E-state index contributed by atoms with van der Waals surface area (Å²) in [7, 11) is 0. The monoisotopic (exact) mass is 307 g/mol. The van der Waals surface area contributed by atoms with Crippen LogP contribution in [0, 0.1) is 11.7 Å². The molecule has 19 heavy (non-hydrogen) atoms. The van der Waals surface area contributed by atoms with Crippen LogP contribution in [0.4, 0.5) is 4.39 Å². The molecule has 0 bridgehead atoms. The molecule has 108 valence electrons. The van der Waals surface area contributed by atoms with E-state index in [9.17, 15) is 4.39 Å². The molecule has 1 atom stereocenters. The van der Waals surface area contributed by atoms with Crippen molar-refractivity contribution in [2.45, 2.75) is 26.8 Å². The molecule has 0 aliphatic rings. The van der Waals surface area contributed by atoms with E-state index in [-0.39, 0.29) is 11.1 Å². The third-order valence-electron chi connectivity index (χ3n) is 2.65. The van der Waals surface area contributed by atoms with Crippen molar-refractivity contribution in [2.75, 3.05) is 19.8 Å². The minimum Gasteiger partial charge on any atom is -0.380 e. The van der Waals surface area contributed by atoms with Gasteiger partial charge in [0.05, 0.1) is 11.6 Å². The molecule has 2 nitrogen and oxygen atoms in total. The van der Waals surface area contributed by atoms with Crippen LogP contribution in [0.3, 0.4) is 0 Å². The van der Waals surface area contributed by atoms with Crippen LogP contribution in [0.1, 0.15) is 32.4 Å². The van der Waals surface area contributed by atoms with Gasteiger partial charge in [-0.15, -0.1) is 0 Å². The van der Waals surface area contributed by atoms with Gasteiger partial charge in [-0.2, -0.15) is 0 Å². The highest BCUT2D eigenvalue weighted by Gasteiger charge is 2.12. The van der Waals surface area contributed by atoms with Crippen LogP contribution in [0.15, 0.2) is 12.1 Å². The Morgan fingerprint density at radius 2 is 1.89 bits per heavy atom. The van der Waals surface area contributed by atoms with Gasteiger partial charge < -0.3 is 10.1 Å². The van der Waals surface area contributed by atoms with E-state index in [0.29, 0.717) is 29.7 Å². The number of hydrogen-bond donors (Lipinski definition) is 1. The van der Waals surface area contributed by atoms with Crippen LogP contribution in [0.2, 0.25) is 10.0 Å². The molecular weight excluding hydrogens is 288 g/mol. The molecule has 5 heteroatoms. The van der Waals surface area contributed by atoms with Crippen LogP contribution >= 0.6 is 23.2 Å². The van der Waals surface area contributed by atoms with Gasteiger partial charge in [0, 0.05) is 24.2 Å². The zero-order valence-corrected chi connectivity index (χ0v) is 13.0. The van der Waals surface area contributed by atoms with Gasteiger partial charge in [0.2, 0.25) is 0 Å². The minimum absolute atomic E-state index is 0.0428. The Morgan fingerprint density at radius 1 is 1.21 bits per heavy atom. The van der Waals surface area contributed by atoms with Crippen molar-refractivity contribution < 1.29 is 9.13 Å². The number of ether oxygens (including phenoxy) is 1. The van der Waals surface area contributed by atoms with Crippen molar-refractivity contribution in [3.63, 3.8) is 0 Å². The van der Waals surface area contributed by atoms with Gasteiger partial charge in [-0.25, -0.2) is 4.39 Å². The molecule has 0 saturated carbocycles. The third-order valence-corrected chi connectivity index (χ3v) is 3.27. The summed E-state index contributed by atoms with van der Waals surface area (Å²) in [6.45, 7) is 8.19. The number of benzene rings is 1. The molecule has 0 amide bonds. The fraction of sp³-hybridized carbons (Fsp3) is 0.571. The van der Waals surface area contributed by atoms with Gasteiger partial charge in [0.15, 0.2) is 0 Å². The van der Waals surface area contributed by atoms with E-state index in [0.717, 1.165) is 6.61 Å². The Balaban J connectivity index is 2.45. The van der Waals surface area contributed by atoms with E-state index in [4.69, 9.17) is 27.9 Å². The molecule has 0 saturated heterocycles. The van der Waals surface area contributed by atoms with Gasteiger partial charge in [0.1, 0.15) is 5.82 Å². The predicted octanol–water partition coefficient (Wildman–Crippen LogP) is 4.46. The maximum absolute atomic E-state index is 13.4. The summed E-state index contributed by atoms with van der Waals surface area (Å²) >= 11 is 11.7. The second-order valence-electron chi connectivity index (χ2n) is 4.93. The fourth-order valence-electron chi connectivity index (χ4n) is 1.65. The Labute approximate surface area is 124 Å². The minimum atomic E-state index is -0.453. The summed E-state index contributed by atoms with van der Waals surface area (Å²) in [5.74, 6) is 0.0722. The van der Waals surface area contributed by atoms with Gasteiger partial charge in [-0.05, 0) is 30.5 Å². The predicted molar refractivity (Wildman–Crippen MR) is 78.5 cm³/mol. The molecule has 0 aliphatic heterocycles. The largest absolute Gasteiger partial charge is 0.380 e. The van der Waals surface area contributed by atoms with Gasteiger partial charge in [-0.3, -0.25) is 0 Å². The molecule has 1 rings (SSSR count). The Hall–Kier alpha value is -0.350. The van der Waals surface area contributed by atoms with E-state index in [1.54, 1.807) is 0 Å². The lowest BCUT2D eigenvalue weighted by Crippen LogP contribution is -2.24. The lowest BCUT2D eigenvalue weighted by Gasteiger charge is -2.16. The average molecular weight is 308 g/mol. The smallest absolute Gasteiger partial charge is 0.142 e. The van der Waals surface area contributed by atoms with E-state index in [1.165, 1.54) is 12.1 Å². The first-order chi connectivity index (χ1) is 8.91. The van der Waals surface area contributed by atoms with Gasteiger partial charge >= 0.3 is 0 Å². The van der Waals surface area contributed by atoms with Crippen molar-refractivity contribution in [1.29, 1.82) is 0 Å². The normalized spacial score (nSPS) is 13.0. The first kappa shape index (κ1) is 16.7. The highest BCUT2D eigenvalue weighted by molar-refractivity contribution is 6.35. The van der Waals surface area contributed by atoms with Crippen LogP contribution in [-0.4, -0.2) is 19.8 Å². The second kappa shape index (κ2) is 8.05. The molecule has 0 heterocycles. The third kappa shape index (κ3) is 5.65. The lowest BCUT2D eigenvalue weighted by atomic mass is 10.1. The molecule has 0 spiro atoms. The molecule has 0 radical (unpaired) electrons. The van der Waals surface area contributed by atoms with E-state index in [2.05, 4.69) is 19.2 Å². The molecule has 0 aromatic heterocycles. The first-order valence-electron chi connectivity index (χ1n) is 6.37. The van der Waals surface area contributed by atoms with Crippen molar-refractivity contribution in [2.24, 2.45) is 5.92 Å². The maximum atomic E-state index is 13.4. The van der Waals surface area contributed by atoms with Crippen molar-refractivity contribution in [3.05, 3.63) is 33.6 Å². The summed E-state index contributed by atoms with van der Waals surface area (Å²) in [5.41, 5.74) is 0.701. The topological polar surface area (TPSA) is 21.3 Å². The summed E-state index contributed by atoms with van der Waals surface area (Å²) in [6, 6.07) is 2.75. The van der Waals surface area contributed by atoms with Crippen LogP contribution in [0.5, 0.6) is 0 Å². The standard InChI is InChI=1S/C14H20Cl2FNO/c1-9(2)8-19-5-4-18-10(3)11-6-14(17)13(16)7-12(11)15/h6-7,9-10,18H,4-5,8H2,1-3H3. The number of nitrogens with one attached hydrogen (secondary N) is 1. The molecule has 0 aliphatic carbocycles. The maximum Gasteiger partial charge on any atom is 0.142 e.